The number of hydrogen-bond donors (Lipinski definition) is 1. The third-order valence-corrected chi connectivity index (χ3v) is 2.62. The highest BCUT2D eigenvalue weighted by atomic mass is 19.1. The maximum absolute atomic E-state index is 13.0. The van der Waals surface area contributed by atoms with Crippen LogP contribution in [-0.2, 0) is 17.7 Å². The number of nitrogens with zero attached hydrogens (tertiary/aromatic N) is 3. The molecule has 2 rings (SSSR count). The molecule has 1 atom stereocenters. The Labute approximate surface area is 110 Å². The third-order valence-electron chi connectivity index (χ3n) is 2.62. The van der Waals surface area contributed by atoms with Crippen LogP contribution in [0.1, 0.15) is 11.3 Å². The first kappa shape index (κ1) is 13.6. The number of hydrogen-bond acceptors (Lipinski definition) is 4. The number of rotatable bonds is 6. The van der Waals surface area contributed by atoms with Crippen molar-refractivity contribution in [2.24, 2.45) is 0 Å². The zero-order valence-electron chi connectivity index (χ0n) is 10.7. The van der Waals surface area contributed by atoms with Crippen molar-refractivity contribution < 1.29 is 14.2 Å². The SMILES string of the molecule is COC[C@@H](O)Cc1cn(Cc2cccc(F)c2)nn1. The summed E-state index contributed by atoms with van der Waals surface area (Å²) in [4.78, 5) is 0. The van der Waals surface area contributed by atoms with Crippen LogP contribution in [0.4, 0.5) is 4.39 Å². The first-order valence-corrected chi connectivity index (χ1v) is 5.98. The predicted molar refractivity (Wildman–Crippen MR) is 67.1 cm³/mol. The van der Waals surface area contributed by atoms with Crippen molar-refractivity contribution in [3.8, 4) is 0 Å². The van der Waals surface area contributed by atoms with Gasteiger partial charge in [-0.2, -0.15) is 0 Å². The summed E-state index contributed by atoms with van der Waals surface area (Å²) in [5, 5.41) is 17.5. The second-order valence-electron chi connectivity index (χ2n) is 4.35. The van der Waals surface area contributed by atoms with Crippen LogP contribution >= 0.6 is 0 Å². The second-order valence-corrected chi connectivity index (χ2v) is 4.35. The number of benzene rings is 1. The van der Waals surface area contributed by atoms with Crippen LogP contribution in [0.5, 0.6) is 0 Å². The summed E-state index contributed by atoms with van der Waals surface area (Å²) in [6.07, 6.45) is 1.53. The van der Waals surface area contributed by atoms with E-state index in [1.165, 1.54) is 19.2 Å². The van der Waals surface area contributed by atoms with Gasteiger partial charge < -0.3 is 9.84 Å². The van der Waals surface area contributed by atoms with Gasteiger partial charge in [0.15, 0.2) is 0 Å². The molecule has 0 spiro atoms. The van der Waals surface area contributed by atoms with Crippen molar-refractivity contribution in [1.82, 2.24) is 15.0 Å². The van der Waals surface area contributed by atoms with Gasteiger partial charge in [0.2, 0.25) is 0 Å². The minimum absolute atomic E-state index is 0.261. The topological polar surface area (TPSA) is 60.2 Å². The molecular formula is C13H16FN3O2. The van der Waals surface area contributed by atoms with Crippen molar-refractivity contribution in [2.75, 3.05) is 13.7 Å². The lowest BCUT2D eigenvalue weighted by molar-refractivity contribution is 0.0644. The first-order chi connectivity index (χ1) is 9.17. The number of aliphatic hydroxyl groups is 1. The maximum atomic E-state index is 13.0. The molecule has 1 aromatic carbocycles. The zero-order chi connectivity index (χ0) is 13.7. The van der Waals surface area contributed by atoms with E-state index in [0.717, 1.165) is 5.56 Å². The fourth-order valence-electron chi connectivity index (χ4n) is 1.82. The molecule has 0 aliphatic rings. The summed E-state index contributed by atoms with van der Waals surface area (Å²) in [6, 6.07) is 6.34. The monoisotopic (exact) mass is 265 g/mol. The molecule has 0 radical (unpaired) electrons. The Morgan fingerprint density at radius 3 is 3.05 bits per heavy atom. The van der Waals surface area contributed by atoms with E-state index in [0.29, 0.717) is 18.7 Å². The minimum Gasteiger partial charge on any atom is -0.390 e. The average molecular weight is 265 g/mol. The van der Waals surface area contributed by atoms with Gasteiger partial charge in [0, 0.05) is 19.7 Å². The molecule has 0 aliphatic carbocycles. The molecule has 0 unspecified atom stereocenters. The van der Waals surface area contributed by atoms with E-state index in [1.54, 1.807) is 16.9 Å². The average Bonchev–Trinajstić information content (AvgIpc) is 2.76. The fraction of sp³-hybridized carbons (Fsp3) is 0.385. The van der Waals surface area contributed by atoms with E-state index in [2.05, 4.69) is 10.3 Å². The highest BCUT2D eigenvalue weighted by molar-refractivity contribution is 5.16. The summed E-state index contributed by atoms with van der Waals surface area (Å²) >= 11 is 0. The van der Waals surface area contributed by atoms with Gasteiger partial charge in [0.25, 0.3) is 0 Å². The molecule has 1 heterocycles. The Morgan fingerprint density at radius 1 is 1.47 bits per heavy atom. The summed E-state index contributed by atoms with van der Waals surface area (Å²) in [7, 11) is 1.53. The normalized spacial score (nSPS) is 12.6. The molecule has 0 saturated carbocycles. The van der Waals surface area contributed by atoms with Crippen molar-refractivity contribution in [3.05, 3.63) is 47.5 Å². The number of aromatic nitrogens is 3. The quantitative estimate of drug-likeness (QED) is 0.847. The smallest absolute Gasteiger partial charge is 0.123 e. The molecule has 6 heteroatoms. The molecule has 1 N–H and O–H groups in total. The standard InChI is InChI=1S/C13H16FN3O2/c1-19-9-13(18)6-12-8-17(16-15-12)7-10-3-2-4-11(14)5-10/h2-5,8,13,18H,6-7,9H2,1H3/t13-/m0/s1. The zero-order valence-corrected chi connectivity index (χ0v) is 10.7. The van der Waals surface area contributed by atoms with Crippen molar-refractivity contribution in [2.45, 2.75) is 19.1 Å². The number of aliphatic hydroxyl groups excluding tert-OH is 1. The Balaban J connectivity index is 1.97. The Bertz CT molecular complexity index is 530. The Hall–Kier alpha value is -1.79. The van der Waals surface area contributed by atoms with E-state index in [9.17, 15) is 9.50 Å². The van der Waals surface area contributed by atoms with Gasteiger partial charge in [-0.15, -0.1) is 5.10 Å². The van der Waals surface area contributed by atoms with Gasteiger partial charge in [0.1, 0.15) is 5.82 Å². The second kappa shape index (κ2) is 6.40. The van der Waals surface area contributed by atoms with Gasteiger partial charge in [0.05, 0.1) is 24.9 Å². The van der Waals surface area contributed by atoms with Crippen LogP contribution in [0.25, 0.3) is 0 Å². The lowest BCUT2D eigenvalue weighted by Gasteiger charge is -2.05. The van der Waals surface area contributed by atoms with Crippen LogP contribution in [-0.4, -0.2) is 39.9 Å². The molecule has 1 aromatic heterocycles. The molecule has 0 amide bonds. The van der Waals surface area contributed by atoms with E-state index < -0.39 is 6.10 Å². The van der Waals surface area contributed by atoms with Gasteiger partial charge in [-0.25, -0.2) is 9.07 Å². The van der Waals surface area contributed by atoms with Crippen LogP contribution in [0.2, 0.25) is 0 Å². The molecule has 0 bridgehead atoms. The van der Waals surface area contributed by atoms with E-state index in [-0.39, 0.29) is 12.4 Å². The molecule has 5 nitrogen and oxygen atoms in total. The van der Waals surface area contributed by atoms with E-state index >= 15 is 0 Å². The maximum Gasteiger partial charge on any atom is 0.123 e. The molecule has 102 valence electrons. The van der Waals surface area contributed by atoms with Crippen molar-refractivity contribution >= 4 is 0 Å². The molecule has 0 aliphatic heterocycles. The van der Waals surface area contributed by atoms with E-state index in [4.69, 9.17) is 4.74 Å². The van der Waals surface area contributed by atoms with Crippen LogP contribution in [0.3, 0.4) is 0 Å². The van der Waals surface area contributed by atoms with Gasteiger partial charge in [-0.05, 0) is 17.7 Å². The predicted octanol–water partition coefficient (Wildman–Crippen LogP) is 1.02. The highest BCUT2D eigenvalue weighted by Gasteiger charge is 2.09. The number of methoxy groups -OCH3 is 1. The number of ether oxygens (including phenoxy) is 1. The Kier molecular flexibility index (Phi) is 4.59. The van der Waals surface area contributed by atoms with Gasteiger partial charge >= 0.3 is 0 Å². The molecule has 19 heavy (non-hydrogen) atoms. The van der Waals surface area contributed by atoms with E-state index in [1.807, 2.05) is 6.07 Å². The molecule has 0 fully saturated rings. The van der Waals surface area contributed by atoms with Crippen LogP contribution in [0.15, 0.2) is 30.5 Å². The Morgan fingerprint density at radius 2 is 2.32 bits per heavy atom. The van der Waals surface area contributed by atoms with Crippen molar-refractivity contribution in [3.63, 3.8) is 0 Å². The summed E-state index contributed by atoms with van der Waals surface area (Å²) in [5.41, 5.74) is 1.50. The molecule has 0 saturated heterocycles. The first-order valence-electron chi connectivity index (χ1n) is 5.98. The van der Waals surface area contributed by atoms with Crippen molar-refractivity contribution in [1.29, 1.82) is 0 Å². The van der Waals surface area contributed by atoms with Gasteiger partial charge in [-0.1, -0.05) is 17.3 Å². The van der Waals surface area contributed by atoms with Gasteiger partial charge in [-0.3, -0.25) is 0 Å². The third kappa shape index (κ3) is 4.11. The largest absolute Gasteiger partial charge is 0.390 e. The lowest BCUT2D eigenvalue weighted by atomic mass is 10.2. The summed E-state index contributed by atoms with van der Waals surface area (Å²) < 4.78 is 19.5. The molecular weight excluding hydrogens is 249 g/mol. The fourth-order valence-corrected chi connectivity index (χ4v) is 1.82. The number of halogens is 1. The minimum atomic E-state index is -0.593. The summed E-state index contributed by atoms with van der Waals surface area (Å²) in [6.45, 7) is 0.710. The molecule has 2 aromatic rings. The van der Waals surface area contributed by atoms with Crippen LogP contribution in [0, 0.1) is 5.82 Å². The summed E-state index contributed by atoms with van der Waals surface area (Å²) in [5.74, 6) is -0.270. The lowest BCUT2D eigenvalue weighted by Crippen LogP contribution is -2.17. The highest BCUT2D eigenvalue weighted by Crippen LogP contribution is 2.06. The van der Waals surface area contributed by atoms with Crippen LogP contribution < -0.4 is 0 Å².